The van der Waals surface area contributed by atoms with Crippen molar-refractivity contribution < 1.29 is 8.42 Å². The number of sulfonamides is 1. The van der Waals surface area contributed by atoms with Crippen LogP contribution in [0.5, 0.6) is 0 Å². The van der Waals surface area contributed by atoms with Crippen LogP contribution in [0.3, 0.4) is 0 Å². The van der Waals surface area contributed by atoms with Gasteiger partial charge in [-0.3, -0.25) is 0 Å². The maximum absolute atomic E-state index is 12.1. The fourth-order valence-electron chi connectivity index (χ4n) is 2.45. The zero-order valence-electron chi connectivity index (χ0n) is 11.6. The van der Waals surface area contributed by atoms with E-state index in [1.807, 2.05) is 12.1 Å². The molecule has 1 fully saturated rings. The highest BCUT2D eigenvalue weighted by atomic mass is 32.2. The predicted octanol–water partition coefficient (Wildman–Crippen LogP) is 0.783. The van der Waals surface area contributed by atoms with Crippen LogP contribution in [0.1, 0.15) is 13.8 Å². The third-order valence-electron chi connectivity index (χ3n) is 3.51. The van der Waals surface area contributed by atoms with Gasteiger partial charge in [-0.1, -0.05) is 12.1 Å². The number of anilines is 1. The first kappa shape index (κ1) is 14.3. The van der Waals surface area contributed by atoms with Crippen molar-refractivity contribution in [3.63, 3.8) is 0 Å². The molecule has 1 heterocycles. The minimum atomic E-state index is -3.44. The van der Waals surface area contributed by atoms with Crippen LogP contribution in [-0.2, 0) is 10.0 Å². The van der Waals surface area contributed by atoms with Crippen molar-refractivity contribution in [3.8, 4) is 0 Å². The maximum Gasteiger partial charge on any atom is 0.242 e. The first-order valence-electron chi connectivity index (χ1n) is 6.39. The molecular formula is C13H21N3O2S. The largest absolute Gasteiger partial charge is 0.363 e. The number of benzene rings is 1. The molecule has 1 aliphatic heterocycles. The van der Waals surface area contributed by atoms with E-state index in [4.69, 9.17) is 0 Å². The lowest BCUT2D eigenvalue weighted by molar-refractivity contribution is 0.378. The number of rotatable bonds is 3. The van der Waals surface area contributed by atoms with Crippen LogP contribution in [-0.4, -0.2) is 40.6 Å². The summed E-state index contributed by atoms with van der Waals surface area (Å²) in [6, 6.07) is 7.15. The molecule has 106 valence electrons. The van der Waals surface area contributed by atoms with E-state index in [0.717, 1.165) is 25.3 Å². The molecule has 0 bridgehead atoms. The summed E-state index contributed by atoms with van der Waals surface area (Å²) in [5.41, 5.74) is 0.654. The Hall–Kier alpha value is -1.11. The van der Waals surface area contributed by atoms with Gasteiger partial charge in [-0.15, -0.1) is 0 Å². The number of piperazine rings is 1. The lowest BCUT2D eigenvalue weighted by atomic mass is 9.99. The van der Waals surface area contributed by atoms with Gasteiger partial charge in [0.2, 0.25) is 10.0 Å². The van der Waals surface area contributed by atoms with Crippen LogP contribution < -0.4 is 14.9 Å². The Kier molecular flexibility index (Phi) is 3.85. The van der Waals surface area contributed by atoms with Crippen molar-refractivity contribution in [1.29, 1.82) is 0 Å². The number of para-hydroxylation sites is 1. The Bertz CT molecular complexity index is 555. The molecule has 2 rings (SSSR count). The quantitative estimate of drug-likeness (QED) is 0.861. The van der Waals surface area contributed by atoms with Crippen LogP contribution in [0.25, 0.3) is 0 Å². The van der Waals surface area contributed by atoms with Crippen molar-refractivity contribution in [3.05, 3.63) is 24.3 Å². The van der Waals surface area contributed by atoms with Gasteiger partial charge < -0.3 is 10.2 Å². The summed E-state index contributed by atoms with van der Waals surface area (Å²) in [4.78, 5) is 2.50. The van der Waals surface area contributed by atoms with Gasteiger partial charge in [0.1, 0.15) is 4.90 Å². The number of nitrogens with zero attached hydrogens (tertiary/aromatic N) is 1. The predicted molar refractivity (Wildman–Crippen MR) is 77.0 cm³/mol. The fraction of sp³-hybridized carbons (Fsp3) is 0.538. The average Bonchev–Trinajstić information content (AvgIpc) is 2.38. The van der Waals surface area contributed by atoms with Crippen molar-refractivity contribution in [2.75, 3.05) is 31.6 Å². The first-order chi connectivity index (χ1) is 8.88. The van der Waals surface area contributed by atoms with Crippen LogP contribution in [0.15, 0.2) is 29.2 Å². The van der Waals surface area contributed by atoms with Crippen molar-refractivity contribution in [2.45, 2.75) is 24.3 Å². The second kappa shape index (κ2) is 5.11. The Morgan fingerprint density at radius 2 is 2.00 bits per heavy atom. The molecule has 0 saturated carbocycles. The summed E-state index contributed by atoms with van der Waals surface area (Å²) in [7, 11) is -2.00. The second-order valence-corrected chi connectivity index (χ2v) is 7.17. The summed E-state index contributed by atoms with van der Waals surface area (Å²) >= 11 is 0. The van der Waals surface area contributed by atoms with Gasteiger partial charge in [-0.25, -0.2) is 13.1 Å². The molecule has 0 unspecified atom stereocenters. The van der Waals surface area contributed by atoms with Gasteiger partial charge >= 0.3 is 0 Å². The third-order valence-corrected chi connectivity index (χ3v) is 4.98. The molecule has 1 aliphatic rings. The highest BCUT2D eigenvalue weighted by molar-refractivity contribution is 7.89. The minimum Gasteiger partial charge on any atom is -0.363 e. The molecule has 1 saturated heterocycles. The summed E-state index contributed by atoms with van der Waals surface area (Å²) in [5.74, 6) is 0. The lowest BCUT2D eigenvalue weighted by Gasteiger charge is -2.45. The van der Waals surface area contributed by atoms with E-state index in [2.05, 4.69) is 28.8 Å². The third kappa shape index (κ3) is 2.75. The molecule has 1 aromatic carbocycles. The minimum absolute atomic E-state index is 0.113. The number of nitrogens with one attached hydrogen (secondary N) is 2. The van der Waals surface area contributed by atoms with Gasteiger partial charge in [-0.2, -0.15) is 0 Å². The fourth-order valence-corrected chi connectivity index (χ4v) is 3.38. The Morgan fingerprint density at radius 1 is 1.32 bits per heavy atom. The number of hydrogen-bond acceptors (Lipinski definition) is 4. The van der Waals surface area contributed by atoms with Crippen LogP contribution in [0, 0.1) is 0 Å². The maximum atomic E-state index is 12.1. The number of hydrogen-bond donors (Lipinski definition) is 2. The highest BCUT2D eigenvalue weighted by Gasteiger charge is 2.32. The molecule has 19 heavy (non-hydrogen) atoms. The zero-order chi connectivity index (χ0) is 14.1. The molecule has 6 heteroatoms. The Morgan fingerprint density at radius 3 is 2.63 bits per heavy atom. The molecule has 1 aromatic rings. The van der Waals surface area contributed by atoms with E-state index in [-0.39, 0.29) is 5.54 Å². The van der Waals surface area contributed by atoms with E-state index in [0.29, 0.717) is 4.90 Å². The van der Waals surface area contributed by atoms with E-state index < -0.39 is 10.0 Å². The Balaban J connectivity index is 2.51. The normalized spacial score (nSPS) is 19.4. The smallest absolute Gasteiger partial charge is 0.242 e. The van der Waals surface area contributed by atoms with Crippen LogP contribution in [0.2, 0.25) is 0 Å². The molecule has 2 N–H and O–H groups in total. The molecule has 0 radical (unpaired) electrons. The molecule has 0 amide bonds. The molecule has 0 aliphatic carbocycles. The monoisotopic (exact) mass is 283 g/mol. The first-order valence-corrected chi connectivity index (χ1v) is 7.88. The topological polar surface area (TPSA) is 61.4 Å². The highest BCUT2D eigenvalue weighted by Crippen LogP contribution is 2.31. The van der Waals surface area contributed by atoms with Gasteiger partial charge in [-0.05, 0) is 33.0 Å². The SMILES string of the molecule is CNS(=O)(=O)c1ccccc1N1CCNCC1(C)C. The molecule has 5 nitrogen and oxygen atoms in total. The van der Waals surface area contributed by atoms with Crippen molar-refractivity contribution >= 4 is 15.7 Å². The lowest BCUT2D eigenvalue weighted by Crippen LogP contribution is -2.58. The van der Waals surface area contributed by atoms with E-state index in [1.54, 1.807) is 12.1 Å². The molecule has 0 atom stereocenters. The van der Waals surface area contributed by atoms with Crippen molar-refractivity contribution in [1.82, 2.24) is 10.0 Å². The van der Waals surface area contributed by atoms with Crippen LogP contribution in [0.4, 0.5) is 5.69 Å². The summed E-state index contributed by atoms with van der Waals surface area (Å²) in [5, 5.41) is 3.34. The Labute approximate surface area is 115 Å². The van der Waals surface area contributed by atoms with Crippen LogP contribution >= 0.6 is 0 Å². The van der Waals surface area contributed by atoms with E-state index in [1.165, 1.54) is 7.05 Å². The second-order valence-electron chi connectivity index (χ2n) is 5.32. The average molecular weight is 283 g/mol. The zero-order valence-corrected chi connectivity index (χ0v) is 12.4. The van der Waals surface area contributed by atoms with E-state index in [9.17, 15) is 8.42 Å². The van der Waals surface area contributed by atoms with Gasteiger partial charge in [0.25, 0.3) is 0 Å². The summed E-state index contributed by atoms with van der Waals surface area (Å²) < 4.78 is 26.6. The molecule has 0 spiro atoms. The summed E-state index contributed by atoms with van der Waals surface area (Å²) in [6.45, 7) is 6.71. The van der Waals surface area contributed by atoms with Gasteiger partial charge in [0.05, 0.1) is 5.69 Å². The van der Waals surface area contributed by atoms with Gasteiger partial charge in [0.15, 0.2) is 0 Å². The molecule has 0 aromatic heterocycles. The standard InChI is InChI=1S/C13H21N3O2S/c1-13(2)10-15-8-9-16(13)11-6-4-5-7-12(11)19(17,18)14-3/h4-7,14-15H,8-10H2,1-3H3. The van der Waals surface area contributed by atoms with Crippen molar-refractivity contribution in [2.24, 2.45) is 0 Å². The van der Waals surface area contributed by atoms with Gasteiger partial charge in [0, 0.05) is 25.2 Å². The van der Waals surface area contributed by atoms with E-state index >= 15 is 0 Å². The summed E-state index contributed by atoms with van der Waals surface area (Å²) in [6.07, 6.45) is 0. The molecular weight excluding hydrogens is 262 g/mol.